The molecule has 0 aromatic carbocycles. The second kappa shape index (κ2) is 1.97. The lowest BCUT2D eigenvalue weighted by Crippen LogP contribution is -2.16. The first-order valence-corrected chi connectivity index (χ1v) is 2.93. The summed E-state index contributed by atoms with van der Waals surface area (Å²) in [6, 6.07) is 0. The normalized spacial score (nSPS) is 11.8. The van der Waals surface area contributed by atoms with E-state index in [0.29, 0.717) is 0 Å². The summed E-state index contributed by atoms with van der Waals surface area (Å²) in [6.45, 7) is 6.17. The predicted octanol–water partition coefficient (Wildman–Crippen LogP) is 0.596. The number of rotatable bonds is 0. The van der Waals surface area contributed by atoms with Gasteiger partial charge in [0.25, 0.3) is 0 Å². The minimum atomic E-state index is 0. The maximum atomic E-state index is 5.08. The van der Waals surface area contributed by atoms with E-state index in [9.17, 15) is 0 Å². The predicted molar refractivity (Wildman–Crippen MR) is 31.5 cm³/mol. The van der Waals surface area contributed by atoms with Gasteiger partial charge in [0.1, 0.15) is 0 Å². The molecule has 0 aliphatic heterocycles. The van der Waals surface area contributed by atoms with Crippen molar-refractivity contribution in [1.82, 2.24) is 0 Å². The van der Waals surface area contributed by atoms with Gasteiger partial charge < -0.3 is 3.79 Å². The molecule has 0 unspecified atom stereocenters. The molecule has 38 valence electrons. The molecule has 2 heteroatoms. The maximum absolute atomic E-state index is 5.08. The van der Waals surface area contributed by atoms with Gasteiger partial charge in [-0.15, -0.1) is 0 Å². The lowest BCUT2D eigenvalue weighted by atomic mass is 10.2. The SMILES string of the molecule is CC(C)(C)[O][AlH2].[HH]. The Bertz CT molecular complexity index is 41.4. The topological polar surface area (TPSA) is 9.23 Å². The summed E-state index contributed by atoms with van der Waals surface area (Å²) in [5.41, 5.74) is 0.103. The van der Waals surface area contributed by atoms with Crippen molar-refractivity contribution in [3.8, 4) is 0 Å². The van der Waals surface area contributed by atoms with E-state index < -0.39 is 0 Å². The van der Waals surface area contributed by atoms with E-state index in [-0.39, 0.29) is 7.03 Å². The van der Waals surface area contributed by atoms with Gasteiger partial charge in [0.15, 0.2) is 0 Å². The van der Waals surface area contributed by atoms with E-state index in [2.05, 4.69) is 20.8 Å². The summed E-state index contributed by atoms with van der Waals surface area (Å²) in [5.74, 6) is 0. The molecule has 6 heavy (non-hydrogen) atoms. The van der Waals surface area contributed by atoms with Crippen molar-refractivity contribution in [1.29, 1.82) is 0 Å². The van der Waals surface area contributed by atoms with Crippen LogP contribution in [0, 0.1) is 0 Å². The van der Waals surface area contributed by atoms with E-state index in [1.165, 1.54) is 0 Å². The smallest absolute Gasteiger partial charge is 0.410 e. The first kappa shape index (κ1) is 6.49. The Hall–Kier alpha value is 0.492. The zero-order valence-corrected chi connectivity index (χ0v) is 6.91. The summed E-state index contributed by atoms with van der Waals surface area (Å²) in [7, 11) is 0. The summed E-state index contributed by atoms with van der Waals surface area (Å²) in [6.07, 6.45) is 0. The third-order valence-corrected chi connectivity index (χ3v) is 1.84. The average Bonchev–Trinajstić information content (AvgIpc) is 1.35. The lowest BCUT2D eigenvalue weighted by Gasteiger charge is -2.16. The Balaban J connectivity index is 0. The van der Waals surface area contributed by atoms with Crippen molar-refractivity contribution in [3.63, 3.8) is 0 Å². The third kappa shape index (κ3) is 4.49. The van der Waals surface area contributed by atoms with Crippen LogP contribution in [0.25, 0.3) is 0 Å². The van der Waals surface area contributed by atoms with Crippen LogP contribution in [-0.2, 0) is 3.79 Å². The van der Waals surface area contributed by atoms with E-state index in [1.54, 1.807) is 0 Å². The van der Waals surface area contributed by atoms with Gasteiger partial charge in [-0.3, -0.25) is 0 Å². The maximum Gasteiger partial charge on any atom is 0.410 e. The average molecular weight is 104 g/mol. The molecule has 0 saturated heterocycles. The fourth-order valence-corrected chi connectivity index (χ4v) is 0. The minimum absolute atomic E-state index is 0. The Morgan fingerprint density at radius 1 is 1.50 bits per heavy atom. The monoisotopic (exact) mass is 104 g/mol. The van der Waals surface area contributed by atoms with Crippen LogP contribution in [0.3, 0.4) is 0 Å². The summed E-state index contributed by atoms with van der Waals surface area (Å²) in [4.78, 5) is 0. The van der Waals surface area contributed by atoms with Crippen LogP contribution < -0.4 is 0 Å². The van der Waals surface area contributed by atoms with Crippen molar-refractivity contribution in [3.05, 3.63) is 0 Å². The second-order valence-corrected chi connectivity index (χ2v) is 2.72. The van der Waals surface area contributed by atoms with Crippen LogP contribution in [-0.4, -0.2) is 22.2 Å². The molecule has 0 aromatic rings. The van der Waals surface area contributed by atoms with Crippen LogP contribution in [0.4, 0.5) is 0 Å². The third-order valence-electron chi connectivity index (χ3n) is 0.612. The van der Waals surface area contributed by atoms with Crippen LogP contribution in [0.5, 0.6) is 0 Å². The van der Waals surface area contributed by atoms with Gasteiger partial charge in [-0.05, 0) is 20.8 Å². The molecule has 0 N–H and O–H groups in total. The van der Waals surface area contributed by atoms with Gasteiger partial charge in [0.2, 0.25) is 0 Å². The molecule has 0 saturated carbocycles. The molecule has 0 aromatic heterocycles. The number of hydrogen-bond acceptors (Lipinski definition) is 1. The molecule has 0 heterocycles. The molecular weight excluding hydrogens is 91.0 g/mol. The second-order valence-electron chi connectivity index (χ2n) is 2.32. The van der Waals surface area contributed by atoms with Gasteiger partial charge in [-0.2, -0.15) is 0 Å². The molecule has 0 radical (unpaired) electrons. The van der Waals surface area contributed by atoms with E-state index in [0.717, 1.165) is 16.6 Å². The molecular formula is C4H13AlO. The van der Waals surface area contributed by atoms with Crippen molar-refractivity contribution >= 4 is 16.6 Å². The Morgan fingerprint density at radius 2 is 1.67 bits per heavy atom. The molecule has 0 bridgehead atoms. The van der Waals surface area contributed by atoms with E-state index in [4.69, 9.17) is 3.79 Å². The highest BCUT2D eigenvalue weighted by Gasteiger charge is 2.02. The number of hydrogen-bond donors (Lipinski definition) is 0. The molecule has 0 amide bonds. The first-order valence-electron chi connectivity index (χ1n) is 2.11. The summed E-state index contributed by atoms with van der Waals surface area (Å²) in [5, 5.41) is 0. The molecule has 0 aliphatic carbocycles. The summed E-state index contributed by atoms with van der Waals surface area (Å²) < 4.78 is 5.08. The first-order chi connectivity index (χ1) is 2.56. The largest absolute Gasteiger partial charge is 0.502 e. The van der Waals surface area contributed by atoms with Crippen molar-refractivity contribution in [2.45, 2.75) is 26.4 Å². The molecule has 0 spiro atoms. The quantitative estimate of drug-likeness (QED) is 0.409. The summed E-state index contributed by atoms with van der Waals surface area (Å²) >= 11 is 0.848. The van der Waals surface area contributed by atoms with E-state index in [1.807, 2.05) is 0 Å². The highest BCUT2D eigenvalue weighted by Crippen LogP contribution is 2.01. The lowest BCUT2D eigenvalue weighted by molar-refractivity contribution is 0.147. The molecule has 0 aliphatic rings. The zero-order chi connectivity index (χ0) is 5.21. The van der Waals surface area contributed by atoms with E-state index >= 15 is 0 Å². The highest BCUT2D eigenvalue weighted by molar-refractivity contribution is 5.98. The molecule has 0 atom stereocenters. The van der Waals surface area contributed by atoms with Crippen molar-refractivity contribution in [2.75, 3.05) is 0 Å². The van der Waals surface area contributed by atoms with Crippen molar-refractivity contribution in [2.24, 2.45) is 0 Å². The van der Waals surface area contributed by atoms with Crippen LogP contribution in [0.2, 0.25) is 0 Å². The molecule has 0 fully saturated rings. The van der Waals surface area contributed by atoms with Gasteiger partial charge in [-0.25, -0.2) is 0 Å². The Labute approximate surface area is 48.9 Å². The fourth-order valence-electron chi connectivity index (χ4n) is 0. The van der Waals surface area contributed by atoms with Crippen LogP contribution >= 0.6 is 0 Å². The zero-order valence-electron chi connectivity index (χ0n) is 4.91. The Morgan fingerprint density at radius 3 is 1.67 bits per heavy atom. The van der Waals surface area contributed by atoms with Crippen LogP contribution in [0.15, 0.2) is 0 Å². The fraction of sp³-hybridized carbons (Fsp3) is 1.00. The van der Waals surface area contributed by atoms with Gasteiger partial charge >= 0.3 is 16.6 Å². The Kier molecular flexibility index (Phi) is 2.14. The van der Waals surface area contributed by atoms with Crippen molar-refractivity contribution < 1.29 is 5.22 Å². The molecule has 0 rings (SSSR count). The molecule has 1 nitrogen and oxygen atoms in total. The van der Waals surface area contributed by atoms with Gasteiger partial charge in [0.05, 0.1) is 0 Å². The highest BCUT2D eigenvalue weighted by atomic mass is 27.1. The van der Waals surface area contributed by atoms with Crippen LogP contribution in [0.1, 0.15) is 22.2 Å². The minimum Gasteiger partial charge on any atom is -0.502 e. The van der Waals surface area contributed by atoms with Gasteiger partial charge in [0, 0.05) is 7.03 Å². The standard InChI is InChI=1S/C4H9O.Al.H2.2H/c1-4(2,3)5;;;;/h1-3H3;;1H;;/q-1;+1;;;. The van der Waals surface area contributed by atoms with Gasteiger partial charge in [-0.1, -0.05) is 0 Å².